The van der Waals surface area contributed by atoms with Gasteiger partial charge in [0.2, 0.25) is 17.0 Å². The summed E-state index contributed by atoms with van der Waals surface area (Å²) in [6, 6.07) is 4.16. The summed E-state index contributed by atoms with van der Waals surface area (Å²) in [5, 5.41) is 13.9. The fourth-order valence-corrected chi connectivity index (χ4v) is 4.92. The van der Waals surface area contributed by atoms with Gasteiger partial charge in [0.1, 0.15) is 0 Å². The largest absolute Gasteiger partial charge is 0.339 e. The van der Waals surface area contributed by atoms with Crippen LogP contribution in [0.3, 0.4) is 0 Å². The first-order valence-electron chi connectivity index (χ1n) is 8.58. The van der Waals surface area contributed by atoms with Crippen LogP contribution in [-0.4, -0.2) is 73.8 Å². The Kier molecular flexibility index (Phi) is 4.94. The maximum absolute atomic E-state index is 12.7. The lowest BCUT2D eigenvalue weighted by Crippen LogP contribution is -2.51. The van der Waals surface area contributed by atoms with Crippen molar-refractivity contribution < 1.29 is 9.59 Å². The Morgan fingerprint density at radius 2 is 2.04 bits per heavy atom. The van der Waals surface area contributed by atoms with Crippen LogP contribution >= 0.6 is 23.1 Å². The number of tetrazole rings is 1. The highest BCUT2D eigenvalue weighted by molar-refractivity contribution is 7.99. The van der Waals surface area contributed by atoms with Crippen LogP contribution in [0.25, 0.3) is 0 Å². The fraction of sp³-hybridized carbons (Fsp3) is 0.562. The van der Waals surface area contributed by atoms with Crippen molar-refractivity contribution in [2.45, 2.75) is 17.5 Å². The van der Waals surface area contributed by atoms with Gasteiger partial charge in [-0.3, -0.25) is 9.59 Å². The summed E-state index contributed by atoms with van der Waals surface area (Å²) in [6.45, 7) is 2.43. The Balaban J connectivity index is 1.23. The number of aromatic nitrogens is 4. The van der Waals surface area contributed by atoms with Crippen LogP contribution in [-0.2, 0) is 16.6 Å². The number of thioether (sulfide) groups is 1. The average Bonchev–Trinajstić information content (AvgIpc) is 3.06. The molecule has 0 radical (unpaired) electrons. The van der Waals surface area contributed by atoms with E-state index in [0.717, 1.165) is 6.42 Å². The minimum Gasteiger partial charge on any atom is -0.339 e. The third-order valence-electron chi connectivity index (χ3n) is 4.87. The number of hydrogen-bond acceptors (Lipinski definition) is 7. The Morgan fingerprint density at radius 3 is 2.69 bits per heavy atom. The molecule has 2 atom stereocenters. The van der Waals surface area contributed by atoms with Crippen molar-refractivity contribution in [3.63, 3.8) is 0 Å². The number of nitrogens with zero attached hydrogens (tertiary/aromatic N) is 6. The van der Waals surface area contributed by atoms with Gasteiger partial charge in [0.25, 0.3) is 0 Å². The van der Waals surface area contributed by atoms with Gasteiger partial charge in [0, 0.05) is 49.9 Å². The Hall–Kier alpha value is -1.94. The molecule has 138 valence electrons. The molecule has 0 bridgehead atoms. The zero-order valence-corrected chi connectivity index (χ0v) is 16.1. The summed E-state index contributed by atoms with van der Waals surface area (Å²) < 4.78 is 1.55. The van der Waals surface area contributed by atoms with Gasteiger partial charge in [-0.05, 0) is 28.3 Å². The lowest BCUT2D eigenvalue weighted by atomic mass is 10.2. The van der Waals surface area contributed by atoms with E-state index in [9.17, 15) is 9.59 Å². The number of hydrogen-bond donors (Lipinski definition) is 0. The lowest BCUT2D eigenvalue weighted by Gasteiger charge is -2.35. The number of carbonyl (C=O) groups is 2. The number of rotatable bonds is 5. The maximum atomic E-state index is 12.7. The maximum Gasteiger partial charge on any atom is 0.233 e. The summed E-state index contributed by atoms with van der Waals surface area (Å²) in [5.74, 6) is 1.15. The van der Waals surface area contributed by atoms with Crippen molar-refractivity contribution in [2.75, 3.05) is 31.9 Å². The smallest absolute Gasteiger partial charge is 0.233 e. The summed E-state index contributed by atoms with van der Waals surface area (Å²) >= 11 is 3.06. The van der Waals surface area contributed by atoms with Crippen molar-refractivity contribution in [3.8, 4) is 0 Å². The number of aryl methyl sites for hydroxylation is 1. The average molecular weight is 393 g/mol. The Labute approximate surface area is 159 Å². The molecule has 3 heterocycles. The van der Waals surface area contributed by atoms with Crippen molar-refractivity contribution in [1.29, 1.82) is 0 Å². The molecule has 10 heteroatoms. The number of piperazine rings is 1. The van der Waals surface area contributed by atoms with Crippen LogP contribution in [0.5, 0.6) is 0 Å². The van der Waals surface area contributed by atoms with Crippen LogP contribution in [0.4, 0.5) is 0 Å². The summed E-state index contributed by atoms with van der Waals surface area (Å²) in [5.41, 5.74) is 0. The second-order valence-electron chi connectivity index (χ2n) is 6.54. The first-order chi connectivity index (χ1) is 12.6. The third kappa shape index (κ3) is 3.61. The molecule has 1 aliphatic carbocycles. The molecule has 2 aromatic rings. The number of carbonyl (C=O) groups excluding carboxylic acids is 2. The zero-order chi connectivity index (χ0) is 18.1. The van der Waals surface area contributed by atoms with Gasteiger partial charge in [0.05, 0.1) is 5.75 Å². The molecule has 2 aliphatic rings. The van der Waals surface area contributed by atoms with Crippen LogP contribution < -0.4 is 0 Å². The fourth-order valence-electron chi connectivity index (χ4n) is 3.26. The van der Waals surface area contributed by atoms with Crippen molar-refractivity contribution in [3.05, 3.63) is 22.4 Å². The first kappa shape index (κ1) is 17.5. The second-order valence-corrected chi connectivity index (χ2v) is 8.47. The third-order valence-corrected chi connectivity index (χ3v) is 6.87. The van der Waals surface area contributed by atoms with Gasteiger partial charge < -0.3 is 9.80 Å². The van der Waals surface area contributed by atoms with E-state index in [0.29, 0.717) is 43.0 Å². The Bertz CT molecular complexity index is 785. The van der Waals surface area contributed by atoms with Crippen LogP contribution in [0, 0.1) is 5.92 Å². The molecule has 8 nitrogen and oxygen atoms in total. The minimum absolute atomic E-state index is 0.0629. The van der Waals surface area contributed by atoms with Crippen LogP contribution in [0.2, 0.25) is 0 Å². The molecule has 0 aromatic carbocycles. The number of thiophene rings is 1. The van der Waals surface area contributed by atoms with Crippen molar-refractivity contribution in [2.24, 2.45) is 13.0 Å². The quantitative estimate of drug-likeness (QED) is 0.701. The van der Waals surface area contributed by atoms with E-state index in [-0.39, 0.29) is 17.7 Å². The van der Waals surface area contributed by atoms with E-state index in [1.807, 2.05) is 15.9 Å². The molecule has 0 unspecified atom stereocenters. The van der Waals surface area contributed by atoms with Gasteiger partial charge in [0.15, 0.2) is 0 Å². The first-order valence-corrected chi connectivity index (χ1v) is 10.4. The van der Waals surface area contributed by atoms with Gasteiger partial charge in [-0.25, -0.2) is 4.68 Å². The second kappa shape index (κ2) is 7.36. The van der Waals surface area contributed by atoms with E-state index in [1.54, 1.807) is 23.1 Å². The van der Waals surface area contributed by atoms with E-state index in [2.05, 4.69) is 27.0 Å². The predicted octanol–water partition coefficient (Wildman–Crippen LogP) is 0.838. The van der Waals surface area contributed by atoms with Gasteiger partial charge in [-0.1, -0.05) is 17.8 Å². The zero-order valence-electron chi connectivity index (χ0n) is 14.4. The molecule has 1 saturated carbocycles. The lowest BCUT2D eigenvalue weighted by molar-refractivity contribution is -0.139. The summed E-state index contributed by atoms with van der Waals surface area (Å²) in [7, 11) is 1.75. The van der Waals surface area contributed by atoms with E-state index in [4.69, 9.17) is 0 Å². The highest BCUT2D eigenvalue weighted by Crippen LogP contribution is 2.50. The summed E-state index contributed by atoms with van der Waals surface area (Å²) in [6.07, 6.45) is 0.959. The van der Waals surface area contributed by atoms with Crippen LogP contribution in [0.1, 0.15) is 17.2 Å². The van der Waals surface area contributed by atoms with E-state index < -0.39 is 0 Å². The Morgan fingerprint density at radius 1 is 1.27 bits per heavy atom. The summed E-state index contributed by atoms with van der Waals surface area (Å²) in [4.78, 5) is 30.1. The van der Waals surface area contributed by atoms with E-state index >= 15 is 0 Å². The molecule has 0 spiro atoms. The molecule has 1 aliphatic heterocycles. The number of amides is 2. The van der Waals surface area contributed by atoms with Gasteiger partial charge in [-0.2, -0.15) is 0 Å². The molecular weight excluding hydrogens is 372 g/mol. The molecule has 2 fully saturated rings. The topological polar surface area (TPSA) is 84.2 Å². The van der Waals surface area contributed by atoms with Crippen molar-refractivity contribution in [1.82, 2.24) is 30.0 Å². The molecule has 4 rings (SSSR count). The van der Waals surface area contributed by atoms with E-state index in [1.165, 1.54) is 16.6 Å². The van der Waals surface area contributed by atoms with Crippen LogP contribution in [0.15, 0.2) is 22.7 Å². The van der Waals surface area contributed by atoms with Crippen molar-refractivity contribution >= 4 is 34.9 Å². The molecule has 2 aromatic heterocycles. The highest BCUT2D eigenvalue weighted by Gasteiger charge is 2.46. The predicted molar refractivity (Wildman–Crippen MR) is 97.8 cm³/mol. The molecule has 2 amide bonds. The highest BCUT2D eigenvalue weighted by atomic mass is 32.2. The van der Waals surface area contributed by atoms with Gasteiger partial charge in [-0.15, -0.1) is 16.4 Å². The SMILES string of the molecule is Cn1nnnc1SCC(=O)N1CCN(C(=O)[C@@H]2C[C@H]2c2cccs2)CC1. The molecule has 0 N–H and O–H groups in total. The molecule has 26 heavy (non-hydrogen) atoms. The monoisotopic (exact) mass is 392 g/mol. The standard InChI is InChI=1S/C16H20N6O2S2/c1-20-16(17-18-19-20)26-10-14(23)21-4-6-22(7-5-21)15(24)12-9-11(12)13-3-2-8-25-13/h2-3,8,11-12H,4-7,9-10H2,1H3/t11-,12-/m1/s1. The minimum atomic E-state index is 0.0629. The van der Waals surface area contributed by atoms with Gasteiger partial charge >= 0.3 is 0 Å². The normalized spacial score (nSPS) is 22.5. The molecular formula is C16H20N6O2S2. The molecule has 1 saturated heterocycles.